The molecule has 3 heteroatoms. The van der Waals surface area contributed by atoms with Crippen LogP contribution in [0.4, 0.5) is 0 Å². The molecule has 21 heavy (non-hydrogen) atoms. The standard InChI is InChI=1S/C10H13N.C6H10N2.C2H6/c1-4-8-7-11-10(6-3)9(8)5-2;1-5(2)6-3-7-4-8-6;1-2/h5-7,11H,2-4H2,1H3;3-5H,1-2H3,(H,7,8);1-2H3. The summed E-state index contributed by atoms with van der Waals surface area (Å²) in [5.41, 5.74) is 4.75. The van der Waals surface area contributed by atoms with E-state index in [0.717, 1.165) is 12.1 Å². The molecule has 0 saturated carbocycles. The van der Waals surface area contributed by atoms with E-state index in [-0.39, 0.29) is 0 Å². The van der Waals surface area contributed by atoms with E-state index < -0.39 is 0 Å². The second-order valence-corrected chi connectivity index (χ2v) is 4.56. The Morgan fingerprint density at radius 1 is 1.19 bits per heavy atom. The van der Waals surface area contributed by atoms with Crippen LogP contribution in [-0.4, -0.2) is 15.0 Å². The van der Waals surface area contributed by atoms with Crippen LogP contribution in [0, 0.1) is 0 Å². The highest BCUT2D eigenvalue weighted by Gasteiger charge is 2.02. The van der Waals surface area contributed by atoms with Gasteiger partial charge < -0.3 is 9.97 Å². The molecule has 0 fully saturated rings. The van der Waals surface area contributed by atoms with Crippen molar-refractivity contribution in [2.24, 2.45) is 0 Å². The van der Waals surface area contributed by atoms with Gasteiger partial charge in [-0.1, -0.05) is 53.9 Å². The largest absolute Gasteiger partial charge is 0.361 e. The van der Waals surface area contributed by atoms with Crippen molar-refractivity contribution in [3.63, 3.8) is 0 Å². The molecule has 3 nitrogen and oxygen atoms in total. The number of aromatic nitrogens is 3. The van der Waals surface area contributed by atoms with Crippen molar-refractivity contribution < 1.29 is 0 Å². The van der Waals surface area contributed by atoms with Gasteiger partial charge in [-0.2, -0.15) is 0 Å². The third-order valence-electron chi connectivity index (χ3n) is 2.97. The molecule has 2 aromatic heterocycles. The number of imidazole rings is 1. The van der Waals surface area contributed by atoms with Crippen LogP contribution >= 0.6 is 0 Å². The molecule has 2 N–H and O–H groups in total. The fourth-order valence-corrected chi connectivity index (χ4v) is 1.78. The van der Waals surface area contributed by atoms with Gasteiger partial charge in [0, 0.05) is 29.3 Å². The summed E-state index contributed by atoms with van der Waals surface area (Å²) in [6, 6.07) is 0. The van der Waals surface area contributed by atoms with Gasteiger partial charge in [0.1, 0.15) is 0 Å². The number of H-pyrrole nitrogens is 2. The maximum atomic E-state index is 3.89. The molecular weight excluding hydrogens is 258 g/mol. The summed E-state index contributed by atoms with van der Waals surface area (Å²) in [6.45, 7) is 17.9. The Labute approximate surface area is 129 Å². The van der Waals surface area contributed by atoms with Crippen LogP contribution in [0.15, 0.2) is 31.9 Å². The monoisotopic (exact) mass is 287 g/mol. The third-order valence-corrected chi connectivity index (χ3v) is 2.97. The topological polar surface area (TPSA) is 44.5 Å². The van der Waals surface area contributed by atoms with Gasteiger partial charge in [0.25, 0.3) is 0 Å². The highest BCUT2D eigenvalue weighted by atomic mass is 14.9. The van der Waals surface area contributed by atoms with E-state index >= 15 is 0 Å². The van der Waals surface area contributed by atoms with Gasteiger partial charge in [-0.25, -0.2) is 4.98 Å². The van der Waals surface area contributed by atoms with E-state index in [0.29, 0.717) is 5.92 Å². The Hall–Kier alpha value is -2.03. The fraction of sp³-hybridized carbons (Fsp3) is 0.389. The average Bonchev–Trinajstić information content (AvgIpc) is 3.18. The van der Waals surface area contributed by atoms with Crippen molar-refractivity contribution in [1.29, 1.82) is 0 Å². The van der Waals surface area contributed by atoms with Crippen molar-refractivity contribution in [2.45, 2.75) is 47.0 Å². The minimum absolute atomic E-state index is 0.567. The normalized spacial score (nSPS) is 9.24. The number of rotatable bonds is 4. The smallest absolute Gasteiger partial charge is 0.0921 e. The maximum absolute atomic E-state index is 3.89. The zero-order valence-electron chi connectivity index (χ0n) is 14.0. The highest BCUT2D eigenvalue weighted by Crippen LogP contribution is 2.16. The first kappa shape index (κ1) is 19.0. The summed E-state index contributed by atoms with van der Waals surface area (Å²) in [7, 11) is 0. The molecule has 2 heterocycles. The number of nitrogens with zero attached hydrogens (tertiary/aromatic N) is 1. The quantitative estimate of drug-likeness (QED) is 0.774. The first-order valence-corrected chi connectivity index (χ1v) is 7.57. The number of aromatic amines is 2. The Balaban J connectivity index is 0.000000354. The van der Waals surface area contributed by atoms with E-state index in [9.17, 15) is 0 Å². The van der Waals surface area contributed by atoms with Gasteiger partial charge in [0.15, 0.2) is 0 Å². The summed E-state index contributed by atoms with van der Waals surface area (Å²) in [5.74, 6) is 0.567. The zero-order valence-corrected chi connectivity index (χ0v) is 14.0. The molecule has 0 bridgehead atoms. The van der Waals surface area contributed by atoms with Crippen molar-refractivity contribution in [3.8, 4) is 0 Å². The lowest BCUT2D eigenvalue weighted by Gasteiger charge is -1.95. The third kappa shape index (κ3) is 5.86. The van der Waals surface area contributed by atoms with Gasteiger partial charge in [0.05, 0.1) is 6.33 Å². The van der Waals surface area contributed by atoms with Gasteiger partial charge in [-0.3, -0.25) is 0 Å². The highest BCUT2D eigenvalue weighted by molar-refractivity contribution is 5.64. The summed E-state index contributed by atoms with van der Waals surface area (Å²) < 4.78 is 0. The molecule has 0 aromatic carbocycles. The fourth-order valence-electron chi connectivity index (χ4n) is 1.78. The molecule has 0 aliphatic carbocycles. The number of hydrogen-bond donors (Lipinski definition) is 2. The molecule has 0 radical (unpaired) electrons. The van der Waals surface area contributed by atoms with Crippen LogP contribution in [-0.2, 0) is 6.42 Å². The average molecular weight is 287 g/mol. The van der Waals surface area contributed by atoms with Gasteiger partial charge in [-0.05, 0) is 24.0 Å². The van der Waals surface area contributed by atoms with E-state index in [2.05, 4.69) is 48.9 Å². The van der Waals surface area contributed by atoms with Crippen molar-refractivity contribution in [3.05, 3.63) is 54.4 Å². The van der Waals surface area contributed by atoms with Crippen LogP contribution in [0.2, 0.25) is 0 Å². The van der Waals surface area contributed by atoms with Gasteiger partial charge in [0.2, 0.25) is 0 Å². The molecule has 2 rings (SSSR count). The molecule has 2 aromatic rings. The lowest BCUT2D eigenvalue weighted by Crippen LogP contribution is -1.84. The van der Waals surface area contributed by atoms with E-state index in [1.807, 2.05) is 38.4 Å². The Kier molecular flexibility index (Phi) is 9.69. The molecule has 0 spiro atoms. The van der Waals surface area contributed by atoms with Crippen LogP contribution in [0.3, 0.4) is 0 Å². The maximum Gasteiger partial charge on any atom is 0.0921 e. The molecular formula is C18H29N3. The van der Waals surface area contributed by atoms with Crippen molar-refractivity contribution in [2.75, 3.05) is 0 Å². The molecule has 0 amide bonds. The number of aryl methyl sites for hydroxylation is 1. The van der Waals surface area contributed by atoms with Gasteiger partial charge >= 0.3 is 0 Å². The summed E-state index contributed by atoms with van der Waals surface area (Å²) >= 11 is 0. The first-order valence-electron chi connectivity index (χ1n) is 7.57. The Morgan fingerprint density at radius 2 is 1.86 bits per heavy atom. The van der Waals surface area contributed by atoms with E-state index in [1.54, 1.807) is 6.33 Å². The summed E-state index contributed by atoms with van der Waals surface area (Å²) in [6.07, 6.45) is 10.3. The van der Waals surface area contributed by atoms with E-state index in [1.165, 1.54) is 16.8 Å². The first-order chi connectivity index (χ1) is 10.1. The summed E-state index contributed by atoms with van der Waals surface area (Å²) in [5, 5.41) is 0. The Morgan fingerprint density at radius 3 is 2.19 bits per heavy atom. The van der Waals surface area contributed by atoms with Crippen LogP contribution < -0.4 is 0 Å². The second kappa shape index (κ2) is 10.7. The SMILES string of the molecule is C=Cc1[nH]cc(CC)c1C=C.CC.CC(C)c1cnc[nH]1. The molecule has 0 atom stereocenters. The molecule has 0 saturated heterocycles. The van der Waals surface area contributed by atoms with Crippen LogP contribution in [0.5, 0.6) is 0 Å². The minimum Gasteiger partial charge on any atom is -0.361 e. The summed E-state index contributed by atoms with van der Waals surface area (Å²) in [4.78, 5) is 10.0. The molecule has 116 valence electrons. The number of nitrogens with one attached hydrogen (secondary N) is 2. The van der Waals surface area contributed by atoms with Crippen LogP contribution in [0.25, 0.3) is 12.2 Å². The van der Waals surface area contributed by atoms with Crippen molar-refractivity contribution >= 4 is 12.2 Å². The minimum atomic E-state index is 0.567. The second-order valence-electron chi connectivity index (χ2n) is 4.56. The number of hydrogen-bond acceptors (Lipinski definition) is 1. The van der Waals surface area contributed by atoms with Crippen molar-refractivity contribution in [1.82, 2.24) is 15.0 Å². The Bertz CT molecular complexity index is 505. The van der Waals surface area contributed by atoms with Crippen LogP contribution in [0.1, 0.15) is 63.1 Å². The predicted molar refractivity (Wildman–Crippen MR) is 94.4 cm³/mol. The predicted octanol–water partition coefficient (Wildman–Crippen LogP) is 5.42. The molecule has 0 unspecified atom stereocenters. The molecule has 0 aliphatic heterocycles. The molecule has 0 aliphatic rings. The van der Waals surface area contributed by atoms with E-state index in [4.69, 9.17) is 0 Å². The lowest BCUT2D eigenvalue weighted by atomic mass is 10.1. The lowest BCUT2D eigenvalue weighted by molar-refractivity contribution is 0.832. The zero-order chi connectivity index (χ0) is 16.3. The van der Waals surface area contributed by atoms with Gasteiger partial charge in [-0.15, -0.1) is 0 Å².